The fraction of sp³-hybridized carbons (Fsp3) is 0. The molecular weight excluding hydrogens is 1220 g/mol. The molecule has 11 heteroatoms. The second-order valence-corrected chi connectivity index (χ2v) is 24.9. The Hall–Kier alpha value is -13.8. The van der Waals surface area contributed by atoms with Crippen molar-refractivity contribution < 1.29 is 0 Å². The van der Waals surface area contributed by atoms with Crippen LogP contribution in [0.3, 0.4) is 0 Å². The molecule has 0 fully saturated rings. The first-order chi connectivity index (χ1) is 49.6. The van der Waals surface area contributed by atoms with Crippen LogP contribution in [-0.2, 0) is 0 Å². The lowest BCUT2D eigenvalue weighted by molar-refractivity contribution is 1.14. The molecule has 0 N–H and O–H groups in total. The van der Waals surface area contributed by atoms with Crippen molar-refractivity contribution >= 4 is 87.5 Å². The number of hydrogen-bond donors (Lipinski definition) is 0. The minimum Gasteiger partial charge on any atom is -0.309 e. The summed E-state index contributed by atoms with van der Waals surface area (Å²) in [6.45, 7) is 0. The van der Waals surface area contributed by atoms with Gasteiger partial charge < -0.3 is 18.3 Å². The summed E-state index contributed by atoms with van der Waals surface area (Å²) in [5, 5.41) is 7.04. The molecule has 20 rings (SSSR count). The second kappa shape index (κ2) is 24.2. The van der Waals surface area contributed by atoms with Gasteiger partial charge in [0.2, 0.25) is 0 Å². The van der Waals surface area contributed by atoms with Crippen LogP contribution in [0, 0.1) is 0 Å². The van der Waals surface area contributed by atoms with Crippen LogP contribution in [0.2, 0.25) is 0 Å². The third-order valence-corrected chi connectivity index (χ3v) is 19.1. The van der Waals surface area contributed by atoms with Crippen LogP contribution in [0.4, 0.5) is 0 Å². The molecule has 0 spiro atoms. The summed E-state index contributed by atoms with van der Waals surface area (Å²) in [4.78, 5) is 33.5. The van der Waals surface area contributed by atoms with Crippen LogP contribution in [0.1, 0.15) is 0 Å². The molecule has 0 saturated carbocycles. The number of rotatable bonds is 10. The van der Waals surface area contributed by atoms with Crippen molar-refractivity contribution in [3.05, 3.63) is 347 Å². The van der Waals surface area contributed by atoms with Crippen molar-refractivity contribution in [2.75, 3.05) is 0 Å². The highest BCUT2D eigenvalue weighted by Gasteiger charge is 2.23. The van der Waals surface area contributed by atoms with E-state index in [9.17, 15) is 0 Å². The molecular formula is C89H57N11. The predicted molar refractivity (Wildman–Crippen MR) is 407 cm³/mol. The molecule has 0 aliphatic heterocycles. The number of aromatic nitrogens is 11. The highest BCUT2D eigenvalue weighted by Crippen LogP contribution is 2.45. The Labute approximate surface area is 574 Å². The van der Waals surface area contributed by atoms with Crippen LogP contribution in [0.15, 0.2) is 347 Å². The van der Waals surface area contributed by atoms with E-state index in [0.717, 1.165) is 145 Å². The van der Waals surface area contributed by atoms with Gasteiger partial charge in [0.05, 0.1) is 95.0 Å². The molecule has 0 unspecified atom stereocenters. The van der Waals surface area contributed by atoms with Crippen LogP contribution in [-0.4, -0.2) is 53.2 Å². The quantitative estimate of drug-likeness (QED) is 0.134. The van der Waals surface area contributed by atoms with Gasteiger partial charge in [-0.3, -0.25) is 29.9 Å². The lowest BCUT2D eigenvalue weighted by Crippen LogP contribution is -1.99. The van der Waals surface area contributed by atoms with E-state index in [2.05, 4.69) is 265 Å². The van der Waals surface area contributed by atoms with Gasteiger partial charge in [0.25, 0.3) is 0 Å². The molecule has 11 aromatic heterocycles. The predicted octanol–water partition coefficient (Wildman–Crippen LogP) is 21.5. The summed E-state index contributed by atoms with van der Waals surface area (Å²) in [6, 6.07) is 108. The zero-order chi connectivity index (χ0) is 66.0. The molecule has 0 atom stereocenters. The normalized spacial score (nSPS) is 11.6. The Morgan fingerprint density at radius 3 is 0.990 bits per heavy atom. The van der Waals surface area contributed by atoms with Crippen molar-refractivity contribution in [2.24, 2.45) is 0 Å². The third-order valence-electron chi connectivity index (χ3n) is 19.1. The van der Waals surface area contributed by atoms with E-state index in [4.69, 9.17) is 24.9 Å². The van der Waals surface area contributed by atoms with Gasteiger partial charge in [-0.05, 0) is 198 Å². The fourth-order valence-electron chi connectivity index (χ4n) is 14.8. The average Bonchev–Trinajstić information content (AvgIpc) is 1.58. The summed E-state index contributed by atoms with van der Waals surface area (Å²) < 4.78 is 9.34. The van der Waals surface area contributed by atoms with Gasteiger partial charge in [0, 0.05) is 97.7 Å². The van der Waals surface area contributed by atoms with Gasteiger partial charge in [-0.25, -0.2) is 4.98 Å². The summed E-state index contributed by atoms with van der Waals surface area (Å²) in [5.41, 5.74) is 27.0. The molecule has 20 aromatic rings. The topological polar surface area (TPSA) is 110 Å². The number of pyridine rings is 7. The number of hydrogen-bond acceptors (Lipinski definition) is 7. The largest absolute Gasteiger partial charge is 0.309 e. The Balaban J connectivity index is 0.000000139. The van der Waals surface area contributed by atoms with E-state index >= 15 is 0 Å². The summed E-state index contributed by atoms with van der Waals surface area (Å²) >= 11 is 0. The highest BCUT2D eigenvalue weighted by atomic mass is 15.0. The Kier molecular flexibility index (Phi) is 13.9. The molecule has 0 bridgehead atoms. The first-order valence-electron chi connectivity index (χ1n) is 33.4. The number of para-hydroxylation sites is 4. The number of benzene rings is 9. The van der Waals surface area contributed by atoms with Crippen LogP contribution < -0.4 is 0 Å². The lowest BCUT2D eigenvalue weighted by Gasteiger charge is -2.13. The summed E-state index contributed by atoms with van der Waals surface area (Å²) in [7, 11) is 0. The van der Waals surface area contributed by atoms with Gasteiger partial charge >= 0.3 is 0 Å². The van der Waals surface area contributed by atoms with Crippen molar-refractivity contribution in [3.63, 3.8) is 0 Å². The maximum absolute atomic E-state index is 5.04. The Bertz CT molecular complexity index is 5990. The smallest absolute Gasteiger partial charge is 0.0963 e. The van der Waals surface area contributed by atoms with Gasteiger partial charge in [-0.15, -0.1) is 0 Å². The summed E-state index contributed by atoms with van der Waals surface area (Å²) in [5.74, 6) is 0. The molecule has 0 aliphatic rings. The lowest BCUT2D eigenvalue weighted by atomic mass is 9.98. The second-order valence-electron chi connectivity index (χ2n) is 24.9. The van der Waals surface area contributed by atoms with E-state index in [0.29, 0.717) is 0 Å². The first kappa shape index (κ1) is 57.7. The molecule has 11 heterocycles. The van der Waals surface area contributed by atoms with Crippen LogP contribution in [0.25, 0.3) is 178 Å². The van der Waals surface area contributed by atoms with Gasteiger partial charge in [0.15, 0.2) is 0 Å². The monoisotopic (exact) mass is 1280 g/mol. The SMILES string of the molecule is c1ccc(-n2c3ccc(-c4cccc5c4c4ccccc4n5-c4cc(-c5ccccn5)cc(-c5ccccn5)c4)cc3c3ncccc32)cc1.c1ccc(-n2c3ccc(-c4cccc5c4c4ccccc4n5-c4cc(-c5ccccn5)nc(-c5ccccn5)c4)cc3c3ncccc32)cc1. The van der Waals surface area contributed by atoms with Gasteiger partial charge in [-0.1, -0.05) is 133 Å². The minimum atomic E-state index is 0.790. The maximum atomic E-state index is 5.04. The van der Waals surface area contributed by atoms with Crippen molar-refractivity contribution in [1.29, 1.82) is 0 Å². The number of nitrogens with zero attached hydrogens (tertiary/aromatic N) is 11. The van der Waals surface area contributed by atoms with E-state index in [-0.39, 0.29) is 0 Å². The van der Waals surface area contributed by atoms with E-state index in [1.165, 1.54) is 32.7 Å². The van der Waals surface area contributed by atoms with Crippen molar-refractivity contribution in [3.8, 4) is 90.3 Å². The standard InChI is InChI=1S/C45H29N5.C44H28N6/c1-2-12-33(13-3-1)49-41-22-21-30(29-37(41)45-43(49)20-11-25-48-45)35-15-10-19-42-44(35)36-14-4-5-18-40(36)50(42)34-27-31(38-16-6-8-23-46-38)26-32(28-34)39-17-7-9-24-47-39;1-2-12-30(13-3-1)49-40-22-21-29(26-34(40)44-42(49)20-11-25-47-44)32-15-10-19-41-43(32)33-14-4-5-18-39(33)50(41)31-27-37(35-16-6-8-23-45-35)48-38(28-31)36-17-7-9-24-46-36/h1-29H;1-28H. The van der Waals surface area contributed by atoms with Crippen molar-refractivity contribution in [2.45, 2.75) is 0 Å². The highest BCUT2D eigenvalue weighted by molar-refractivity contribution is 6.19. The third kappa shape index (κ3) is 9.78. The summed E-state index contributed by atoms with van der Waals surface area (Å²) in [6.07, 6.45) is 11.1. The molecule has 0 amide bonds. The van der Waals surface area contributed by atoms with Gasteiger partial charge in [0.1, 0.15) is 0 Å². The Morgan fingerprint density at radius 1 is 0.190 bits per heavy atom. The zero-order valence-corrected chi connectivity index (χ0v) is 53.8. The van der Waals surface area contributed by atoms with E-state index in [1.54, 1.807) is 12.4 Å². The molecule has 468 valence electrons. The molecule has 0 aliphatic carbocycles. The molecule has 9 aromatic carbocycles. The molecule has 100 heavy (non-hydrogen) atoms. The minimum absolute atomic E-state index is 0.790. The van der Waals surface area contributed by atoms with Crippen LogP contribution >= 0.6 is 0 Å². The van der Waals surface area contributed by atoms with Gasteiger partial charge in [-0.2, -0.15) is 0 Å². The number of fused-ring (bicyclic) bond motifs is 12. The average molecular weight is 1280 g/mol. The Morgan fingerprint density at radius 2 is 0.550 bits per heavy atom. The van der Waals surface area contributed by atoms with E-state index < -0.39 is 0 Å². The molecule has 0 saturated heterocycles. The van der Waals surface area contributed by atoms with Crippen LogP contribution in [0.5, 0.6) is 0 Å². The zero-order valence-electron chi connectivity index (χ0n) is 53.8. The van der Waals surface area contributed by atoms with E-state index in [1.807, 2.05) is 97.6 Å². The maximum Gasteiger partial charge on any atom is 0.0963 e. The fourth-order valence-corrected chi connectivity index (χ4v) is 14.8. The van der Waals surface area contributed by atoms with Crippen molar-refractivity contribution in [1.82, 2.24) is 53.2 Å². The first-order valence-corrected chi connectivity index (χ1v) is 33.4. The molecule has 0 radical (unpaired) electrons. The molecule has 11 nitrogen and oxygen atoms in total.